The normalized spacial score (nSPS) is 23.1. The van der Waals surface area contributed by atoms with Crippen LogP contribution in [0.15, 0.2) is 18.2 Å². The number of nitrogens with zero attached hydrogens (tertiary/aromatic N) is 2. The summed E-state index contributed by atoms with van der Waals surface area (Å²) in [5, 5.41) is 0. The van der Waals surface area contributed by atoms with Gasteiger partial charge in [-0.2, -0.15) is 0 Å². The molecular weight excluding hydrogens is 272 g/mol. The standard InChI is InChI=1S/C16H21ClN2O/c1-11-5-3-4-6-14(11)19-15-9-12(20-2)7-8-13(15)18-16(19)10-17/h7-9,11,14H,3-6,10H2,1-2H3. The number of rotatable bonds is 3. The first-order valence-electron chi connectivity index (χ1n) is 7.35. The SMILES string of the molecule is COc1ccc2nc(CCl)n(C3CCCCC3C)c2c1. The topological polar surface area (TPSA) is 27.1 Å². The highest BCUT2D eigenvalue weighted by atomic mass is 35.5. The van der Waals surface area contributed by atoms with Crippen molar-refractivity contribution in [3.63, 3.8) is 0 Å². The number of methoxy groups -OCH3 is 1. The Balaban J connectivity index is 2.15. The Morgan fingerprint density at radius 2 is 2.15 bits per heavy atom. The Morgan fingerprint density at radius 1 is 1.35 bits per heavy atom. The Morgan fingerprint density at radius 3 is 2.85 bits per heavy atom. The first-order chi connectivity index (χ1) is 9.74. The summed E-state index contributed by atoms with van der Waals surface area (Å²) in [6.07, 6.45) is 5.13. The number of halogens is 1. The second-order valence-corrected chi connectivity index (χ2v) is 5.98. The van der Waals surface area contributed by atoms with Gasteiger partial charge in [-0.25, -0.2) is 4.98 Å². The van der Waals surface area contributed by atoms with Crippen LogP contribution in [-0.4, -0.2) is 16.7 Å². The molecule has 0 N–H and O–H groups in total. The van der Waals surface area contributed by atoms with Crippen LogP contribution < -0.4 is 4.74 Å². The number of fused-ring (bicyclic) bond motifs is 1. The summed E-state index contributed by atoms with van der Waals surface area (Å²) in [5.41, 5.74) is 2.16. The molecule has 2 unspecified atom stereocenters. The van der Waals surface area contributed by atoms with E-state index >= 15 is 0 Å². The van der Waals surface area contributed by atoms with Gasteiger partial charge in [-0.05, 0) is 30.9 Å². The molecule has 1 saturated carbocycles. The molecule has 2 atom stereocenters. The second kappa shape index (κ2) is 5.65. The van der Waals surface area contributed by atoms with Crippen LogP contribution in [0.5, 0.6) is 5.75 Å². The maximum atomic E-state index is 6.13. The molecule has 1 heterocycles. The van der Waals surface area contributed by atoms with Crippen molar-refractivity contribution < 1.29 is 4.74 Å². The van der Waals surface area contributed by atoms with E-state index in [2.05, 4.69) is 17.6 Å². The van der Waals surface area contributed by atoms with Crippen LogP contribution in [-0.2, 0) is 5.88 Å². The summed E-state index contributed by atoms with van der Waals surface area (Å²) < 4.78 is 7.72. The van der Waals surface area contributed by atoms with Crippen molar-refractivity contribution in [1.82, 2.24) is 9.55 Å². The predicted molar refractivity (Wildman–Crippen MR) is 82.5 cm³/mol. The number of hydrogen-bond donors (Lipinski definition) is 0. The average molecular weight is 293 g/mol. The van der Waals surface area contributed by atoms with Crippen molar-refractivity contribution in [3.8, 4) is 5.75 Å². The number of hydrogen-bond acceptors (Lipinski definition) is 2. The number of imidazole rings is 1. The predicted octanol–water partition coefficient (Wildman–Crippen LogP) is 4.53. The molecule has 0 radical (unpaired) electrons. The third-order valence-electron chi connectivity index (χ3n) is 4.49. The van der Waals surface area contributed by atoms with E-state index in [0.29, 0.717) is 17.8 Å². The third-order valence-corrected chi connectivity index (χ3v) is 4.73. The van der Waals surface area contributed by atoms with Gasteiger partial charge in [-0.3, -0.25) is 0 Å². The Bertz CT molecular complexity index is 608. The van der Waals surface area contributed by atoms with E-state index in [1.165, 1.54) is 25.7 Å². The summed E-state index contributed by atoms with van der Waals surface area (Å²) in [5.74, 6) is 2.99. The van der Waals surface area contributed by atoms with Gasteiger partial charge in [0.2, 0.25) is 0 Å². The molecule has 0 saturated heterocycles. The minimum absolute atomic E-state index is 0.459. The van der Waals surface area contributed by atoms with Crippen LogP contribution >= 0.6 is 11.6 Å². The van der Waals surface area contributed by atoms with Crippen LogP contribution in [0.25, 0.3) is 11.0 Å². The molecule has 2 aromatic rings. The third kappa shape index (κ3) is 2.28. The molecule has 0 amide bonds. The lowest BCUT2D eigenvalue weighted by atomic mass is 9.85. The van der Waals surface area contributed by atoms with Gasteiger partial charge in [0.1, 0.15) is 11.6 Å². The van der Waals surface area contributed by atoms with Gasteiger partial charge < -0.3 is 9.30 Å². The molecule has 1 fully saturated rings. The van der Waals surface area contributed by atoms with E-state index in [9.17, 15) is 0 Å². The quantitative estimate of drug-likeness (QED) is 0.777. The molecule has 1 aliphatic carbocycles. The number of ether oxygens (including phenoxy) is 1. The van der Waals surface area contributed by atoms with Crippen LogP contribution in [0.2, 0.25) is 0 Å². The van der Waals surface area contributed by atoms with Gasteiger partial charge in [-0.15, -0.1) is 11.6 Å². The molecule has 3 rings (SSSR count). The van der Waals surface area contributed by atoms with Crippen molar-refractivity contribution in [2.75, 3.05) is 7.11 Å². The van der Waals surface area contributed by atoms with E-state index in [0.717, 1.165) is 22.6 Å². The minimum Gasteiger partial charge on any atom is -0.497 e. The number of alkyl halides is 1. The van der Waals surface area contributed by atoms with Crippen LogP contribution in [0.1, 0.15) is 44.5 Å². The van der Waals surface area contributed by atoms with Gasteiger partial charge in [0.15, 0.2) is 0 Å². The zero-order valence-electron chi connectivity index (χ0n) is 12.1. The smallest absolute Gasteiger partial charge is 0.125 e. The zero-order valence-corrected chi connectivity index (χ0v) is 12.9. The first kappa shape index (κ1) is 13.7. The summed E-state index contributed by atoms with van der Waals surface area (Å²) in [4.78, 5) is 4.69. The van der Waals surface area contributed by atoms with Crippen molar-refractivity contribution in [1.29, 1.82) is 0 Å². The molecule has 4 heteroatoms. The van der Waals surface area contributed by atoms with Gasteiger partial charge in [0.25, 0.3) is 0 Å². The maximum absolute atomic E-state index is 6.13. The lowest BCUT2D eigenvalue weighted by Gasteiger charge is -2.31. The highest BCUT2D eigenvalue weighted by Gasteiger charge is 2.26. The van der Waals surface area contributed by atoms with E-state index in [1.54, 1.807) is 7.11 Å². The highest BCUT2D eigenvalue weighted by molar-refractivity contribution is 6.16. The maximum Gasteiger partial charge on any atom is 0.125 e. The summed E-state index contributed by atoms with van der Waals surface area (Å²) in [6, 6.07) is 6.57. The fourth-order valence-electron chi connectivity index (χ4n) is 3.39. The molecule has 3 nitrogen and oxygen atoms in total. The lowest BCUT2D eigenvalue weighted by Crippen LogP contribution is -2.22. The van der Waals surface area contributed by atoms with E-state index in [4.69, 9.17) is 21.3 Å². The average Bonchev–Trinajstić information content (AvgIpc) is 2.85. The fraction of sp³-hybridized carbons (Fsp3) is 0.562. The molecular formula is C16H21ClN2O. The fourth-order valence-corrected chi connectivity index (χ4v) is 3.58. The summed E-state index contributed by atoms with van der Waals surface area (Å²) in [7, 11) is 1.70. The van der Waals surface area contributed by atoms with Crippen LogP contribution in [0.3, 0.4) is 0 Å². The largest absolute Gasteiger partial charge is 0.497 e. The van der Waals surface area contributed by atoms with E-state index < -0.39 is 0 Å². The van der Waals surface area contributed by atoms with Gasteiger partial charge >= 0.3 is 0 Å². The van der Waals surface area contributed by atoms with Crippen molar-refractivity contribution in [2.24, 2.45) is 5.92 Å². The van der Waals surface area contributed by atoms with Crippen molar-refractivity contribution in [2.45, 2.75) is 44.5 Å². The molecule has 0 bridgehead atoms. The van der Waals surface area contributed by atoms with Gasteiger partial charge in [-0.1, -0.05) is 19.8 Å². The molecule has 20 heavy (non-hydrogen) atoms. The molecule has 0 spiro atoms. The van der Waals surface area contributed by atoms with E-state index in [-0.39, 0.29) is 0 Å². The monoisotopic (exact) mass is 292 g/mol. The molecule has 1 aromatic heterocycles. The van der Waals surface area contributed by atoms with Gasteiger partial charge in [0, 0.05) is 12.1 Å². The zero-order chi connectivity index (χ0) is 14.1. The highest BCUT2D eigenvalue weighted by Crippen LogP contribution is 2.37. The Kier molecular flexibility index (Phi) is 3.88. The number of aromatic nitrogens is 2. The van der Waals surface area contributed by atoms with Crippen LogP contribution in [0.4, 0.5) is 0 Å². The number of benzene rings is 1. The van der Waals surface area contributed by atoms with Crippen molar-refractivity contribution >= 4 is 22.6 Å². The van der Waals surface area contributed by atoms with E-state index in [1.807, 2.05) is 12.1 Å². The second-order valence-electron chi connectivity index (χ2n) is 5.72. The van der Waals surface area contributed by atoms with Crippen molar-refractivity contribution in [3.05, 3.63) is 24.0 Å². The molecule has 1 aromatic carbocycles. The summed E-state index contributed by atoms with van der Waals surface area (Å²) in [6.45, 7) is 2.34. The first-order valence-corrected chi connectivity index (χ1v) is 7.89. The van der Waals surface area contributed by atoms with Crippen LogP contribution in [0, 0.1) is 5.92 Å². The molecule has 1 aliphatic rings. The van der Waals surface area contributed by atoms with Gasteiger partial charge in [0.05, 0.1) is 24.0 Å². The molecule has 108 valence electrons. The Hall–Kier alpha value is -1.22. The lowest BCUT2D eigenvalue weighted by molar-refractivity contribution is 0.258. The minimum atomic E-state index is 0.459. The Labute approximate surface area is 124 Å². The summed E-state index contributed by atoms with van der Waals surface area (Å²) >= 11 is 6.13. The molecule has 0 aliphatic heterocycles.